The predicted molar refractivity (Wildman–Crippen MR) is 66.7 cm³/mol. The van der Waals surface area contributed by atoms with Crippen LogP contribution in [0.1, 0.15) is 5.56 Å². The van der Waals surface area contributed by atoms with Crippen LogP contribution in [0.2, 0.25) is 0 Å². The van der Waals surface area contributed by atoms with Gasteiger partial charge in [-0.1, -0.05) is 22.0 Å². The van der Waals surface area contributed by atoms with Crippen molar-refractivity contribution in [2.45, 2.75) is 5.75 Å². The van der Waals surface area contributed by atoms with Gasteiger partial charge in [-0.15, -0.1) is 11.8 Å². The van der Waals surface area contributed by atoms with E-state index in [2.05, 4.69) is 20.7 Å². The molecule has 0 saturated heterocycles. The number of nitrogen functional groups attached to an aromatic ring is 1. The first kappa shape index (κ1) is 12.4. The summed E-state index contributed by atoms with van der Waals surface area (Å²) in [5.74, 6) is 0.824. The van der Waals surface area contributed by atoms with Crippen LogP contribution in [0.25, 0.3) is 0 Å². The van der Waals surface area contributed by atoms with Crippen LogP contribution in [0.4, 0.5) is 5.69 Å². The van der Waals surface area contributed by atoms with E-state index >= 15 is 0 Å². The molecule has 0 heterocycles. The molecule has 0 aliphatic carbocycles. The van der Waals surface area contributed by atoms with E-state index in [9.17, 15) is 4.79 Å². The van der Waals surface area contributed by atoms with Gasteiger partial charge in [0.25, 0.3) is 0 Å². The lowest BCUT2D eigenvalue weighted by Gasteiger charge is -2.07. The fourth-order valence-corrected chi connectivity index (χ4v) is 2.64. The van der Waals surface area contributed by atoms with Crippen molar-refractivity contribution in [3.8, 4) is 0 Å². The number of ether oxygens (including phenoxy) is 1. The van der Waals surface area contributed by atoms with E-state index in [1.165, 1.54) is 18.9 Å². The van der Waals surface area contributed by atoms with Crippen molar-refractivity contribution >= 4 is 39.3 Å². The summed E-state index contributed by atoms with van der Waals surface area (Å²) >= 11 is 4.90. The summed E-state index contributed by atoms with van der Waals surface area (Å²) in [6.07, 6.45) is 0. The van der Waals surface area contributed by atoms with Crippen molar-refractivity contribution in [1.29, 1.82) is 0 Å². The number of thioether (sulfide) groups is 1. The summed E-state index contributed by atoms with van der Waals surface area (Å²) in [5, 5.41) is 0. The smallest absolute Gasteiger partial charge is 0.315 e. The topological polar surface area (TPSA) is 52.3 Å². The average molecular weight is 290 g/mol. The van der Waals surface area contributed by atoms with Gasteiger partial charge in [0.15, 0.2) is 0 Å². The SMILES string of the molecule is COC(=O)CSCc1c(N)cccc1Br. The summed E-state index contributed by atoms with van der Waals surface area (Å²) < 4.78 is 5.52. The molecule has 0 aliphatic heterocycles. The highest BCUT2D eigenvalue weighted by molar-refractivity contribution is 9.10. The third kappa shape index (κ3) is 3.76. The molecule has 0 aromatic heterocycles. The molecule has 2 N–H and O–H groups in total. The highest BCUT2D eigenvalue weighted by Crippen LogP contribution is 2.26. The molecule has 0 spiro atoms. The average Bonchev–Trinajstić information content (AvgIpc) is 2.22. The van der Waals surface area contributed by atoms with Crippen LogP contribution >= 0.6 is 27.7 Å². The fraction of sp³-hybridized carbons (Fsp3) is 0.300. The Morgan fingerprint density at radius 2 is 2.33 bits per heavy atom. The van der Waals surface area contributed by atoms with Gasteiger partial charge >= 0.3 is 5.97 Å². The first-order chi connectivity index (χ1) is 7.15. The van der Waals surface area contributed by atoms with Crippen molar-refractivity contribution in [3.05, 3.63) is 28.2 Å². The molecular formula is C10H12BrNO2S. The zero-order valence-electron chi connectivity index (χ0n) is 8.33. The van der Waals surface area contributed by atoms with Gasteiger partial charge < -0.3 is 10.5 Å². The lowest BCUT2D eigenvalue weighted by molar-refractivity contribution is -0.137. The Balaban J connectivity index is 2.54. The third-order valence-corrected chi connectivity index (χ3v) is 3.52. The standard InChI is InChI=1S/C10H12BrNO2S/c1-14-10(13)6-15-5-7-8(11)3-2-4-9(7)12/h2-4H,5-6,12H2,1H3. The molecule has 0 radical (unpaired) electrons. The molecular weight excluding hydrogens is 278 g/mol. The Hall–Kier alpha value is -0.680. The zero-order chi connectivity index (χ0) is 11.3. The maximum absolute atomic E-state index is 10.9. The molecule has 3 nitrogen and oxygen atoms in total. The number of halogens is 1. The maximum Gasteiger partial charge on any atom is 0.315 e. The quantitative estimate of drug-likeness (QED) is 0.683. The summed E-state index contributed by atoms with van der Waals surface area (Å²) in [5.41, 5.74) is 7.57. The van der Waals surface area contributed by atoms with Crippen LogP contribution < -0.4 is 5.73 Å². The second-order valence-corrected chi connectivity index (χ2v) is 4.72. The van der Waals surface area contributed by atoms with Gasteiger partial charge in [-0.2, -0.15) is 0 Å². The van der Waals surface area contributed by atoms with Gasteiger partial charge in [-0.3, -0.25) is 4.79 Å². The lowest BCUT2D eigenvalue weighted by Crippen LogP contribution is -2.04. The molecule has 0 unspecified atom stereocenters. The molecule has 0 amide bonds. The first-order valence-electron chi connectivity index (χ1n) is 4.32. The van der Waals surface area contributed by atoms with Gasteiger partial charge in [0.2, 0.25) is 0 Å². The molecule has 1 aromatic rings. The number of hydrogen-bond donors (Lipinski definition) is 1. The summed E-state index contributed by atoms with van der Waals surface area (Å²) in [7, 11) is 1.38. The van der Waals surface area contributed by atoms with Crippen molar-refractivity contribution in [2.75, 3.05) is 18.6 Å². The maximum atomic E-state index is 10.9. The minimum atomic E-state index is -0.217. The predicted octanol–water partition coefficient (Wildman–Crippen LogP) is 2.44. The second kappa shape index (κ2) is 6.02. The Morgan fingerprint density at radius 1 is 1.60 bits per heavy atom. The van der Waals surface area contributed by atoms with Gasteiger partial charge in [-0.25, -0.2) is 0 Å². The van der Waals surface area contributed by atoms with Gasteiger partial charge in [0.1, 0.15) is 0 Å². The van der Waals surface area contributed by atoms with E-state index < -0.39 is 0 Å². The lowest BCUT2D eigenvalue weighted by atomic mass is 10.2. The van der Waals surface area contributed by atoms with E-state index in [0.29, 0.717) is 11.5 Å². The zero-order valence-corrected chi connectivity index (χ0v) is 10.7. The van der Waals surface area contributed by atoms with Crippen LogP contribution in [0.3, 0.4) is 0 Å². The molecule has 0 atom stereocenters. The van der Waals surface area contributed by atoms with E-state index in [1.807, 2.05) is 18.2 Å². The Morgan fingerprint density at radius 3 is 2.93 bits per heavy atom. The van der Waals surface area contributed by atoms with E-state index in [-0.39, 0.29) is 5.97 Å². The summed E-state index contributed by atoms with van der Waals surface area (Å²) in [4.78, 5) is 10.9. The molecule has 1 rings (SSSR count). The van der Waals surface area contributed by atoms with Crippen LogP contribution in [0.15, 0.2) is 22.7 Å². The number of esters is 1. The van der Waals surface area contributed by atoms with Crippen molar-refractivity contribution in [2.24, 2.45) is 0 Å². The number of nitrogens with two attached hydrogens (primary N) is 1. The minimum Gasteiger partial charge on any atom is -0.468 e. The van der Waals surface area contributed by atoms with Crippen molar-refractivity contribution in [1.82, 2.24) is 0 Å². The number of hydrogen-bond acceptors (Lipinski definition) is 4. The number of carbonyl (C=O) groups is 1. The first-order valence-corrected chi connectivity index (χ1v) is 6.27. The Bertz CT molecular complexity index is 337. The Kier molecular flexibility index (Phi) is 4.98. The third-order valence-electron chi connectivity index (χ3n) is 1.85. The number of carbonyl (C=O) groups excluding carboxylic acids is 1. The van der Waals surface area contributed by atoms with Gasteiger partial charge in [-0.05, 0) is 17.7 Å². The van der Waals surface area contributed by atoms with E-state index in [1.54, 1.807) is 0 Å². The highest BCUT2D eigenvalue weighted by atomic mass is 79.9. The number of rotatable bonds is 4. The largest absolute Gasteiger partial charge is 0.468 e. The fourth-order valence-electron chi connectivity index (χ4n) is 1.02. The molecule has 15 heavy (non-hydrogen) atoms. The van der Waals surface area contributed by atoms with E-state index in [4.69, 9.17) is 5.73 Å². The number of anilines is 1. The molecule has 5 heteroatoms. The molecule has 0 aliphatic rings. The normalized spacial score (nSPS) is 10.0. The van der Waals surface area contributed by atoms with Crippen LogP contribution in [0, 0.1) is 0 Å². The second-order valence-electron chi connectivity index (χ2n) is 2.88. The van der Waals surface area contributed by atoms with Gasteiger partial charge in [0, 0.05) is 15.9 Å². The van der Waals surface area contributed by atoms with Crippen LogP contribution in [-0.4, -0.2) is 18.8 Å². The minimum absolute atomic E-state index is 0.217. The molecule has 0 saturated carbocycles. The van der Waals surface area contributed by atoms with Crippen LogP contribution in [-0.2, 0) is 15.3 Å². The van der Waals surface area contributed by atoms with Crippen molar-refractivity contribution in [3.63, 3.8) is 0 Å². The number of benzene rings is 1. The molecule has 1 aromatic carbocycles. The summed E-state index contributed by atoms with van der Waals surface area (Å²) in [6.45, 7) is 0. The monoisotopic (exact) mass is 289 g/mol. The van der Waals surface area contributed by atoms with Gasteiger partial charge in [0.05, 0.1) is 12.9 Å². The van der Waals surface area contributed by atoms with E-state index in [0.717, 1.165) is 15.7 Å². The van der Waals surface area contributed by atoms with Crippen LogP contribution in [0.5, 0.6) is 0 Å². The summed E-state index contributed by atoms with van der Waals surface area (Å²) in [6, 6.07) is 5.66. The molecule has 0 bridgehead atoms. The number of methoxy groups -OCH3 is 1. The molecule has 82 valence electrons. The Labute approximate surface area is 101 Å². The van der Waals surface area contributed by atoms with Crippen molar-refractivity contribution < 1.29 is 9.53 Å². The molecule has 0 fully saturated rings. The highest BCUT2D eigenvalue weighted by Gasteiger charge is 2.06.